The van der Waals surface area contributed by atoms with Gasteiger partial charge < -0.3 is 28.8 Å². The monoisotopic (exact) mass is 739 g/mol. The van der Waals surface area contributed by atoms with Gasteiger partial charge in [-0.15, -0.1) is 0 Å². The van der Waals surface area contributed by atoms with E-state index in [2.05, 4.69) is 20.4 Å². The van der Waals surface area contributed by atoms with Gasteiger partial charge in [-0.3, -0.25) is 19.2 Å². The first-order valence-corrected chi connectivity index (χ1v) is 20.0. The van der Waals surface area contributed by atoms with Crippen LogP contribution in [0.3, 0.4) is 0 Å². The first kappa shape index (κ1) is 47.6. The van der Waals surface area contributed by atoms with Crippen LogP contribution in [0.15, 0.2) is 12.2 Å². The molecule has 2 heterocycles. The highest BCUT2D eigenvalue weighted by Gasteiger charge is 2.35. The van der Waals surface area contributed by atoms with Gasteiger partial charge in [0.1, 0.15) is 23.4 Å². The Hall–Kier alpha value is -2.46. The van der Waals surface area contributed by atoms with Crippen LogP contribution in [0.25, 0.3) is 0 Å². The van der Waals surface area contributed by atoms with Crippen LogP contribution >= 0.6 is 0 Å². The van der Waals surface area contributed by atoms with Crippen LogP contribution in [0, 0.1) is 23.7 Å². The molecule has 0 radical (unpaired) electrons. The van der Waals surface area contributed by atoms with E-state index in [4.69, 9.17) is 23.7 Å². The number of aliphatic hydroxyl groups excluding tert-OH is 1. The summed E-state index contributed by atoms with van der Waals surface area (Å²) < 4.78 is 28.1. The molecule has 10 nitrogen and oxygen atoms in total. The van der Waals surface area contributed by atoms with Crippen molar-refractivity contribution in [1.82, 2.24) is 0 Å². The van der Waals surface area contributed by atoms with Gasteiger partial charge in [0.25, 0.3) is 0 Å². The lowest BCUT2D eigenvalue weighted by Crippen LogP contribution is -2.40. The molecular weight excluding hydrogens is 664 g/mol. The van der Waals surface area contributed by atoms with E-state index >= 15 is 0 Å². The van der Waals surface area contributed by atoms with E-state index in [1.54, 1.807) is 6.92 Å². The minimum Gasteiger partial charge on any atom is -0.460 e. The van der Waals surface area contributed by atoms with E-state index in [-0.39, 0.29) is 48.9 Å². The minimum absolute atomic E-state index is 0.0390. The van der Waals surface area contributed by atoms with Crippen molar-refractivity contribution >= 4 is 23.9 Å². The largest absolute Gasteiger partial charge is 0.460 e. The lowest BCUT2D eigenvalue weighted by Gasteiger charge is -2.34. The molecule has 0 aliphatic carbocycles. The molecule has 0 saturated carbocycles. The predicted octanol–water partition coefficient (Wildman–Crippen LogP) is 8.84. The molecule has 302 valence electrons. The Labute approximate surface area is 315 Å². The summed E-state index contributed by atoms with van der Waals surface area (Å²) in [6.45, 7) is 25.1. The van der Waals surface area contributed by atoms with Gasteiger partial charge in [-0.1, -0.05) is 64.5 Å². The highest BCUT2D eigenvalue weighted by atomic mass is 16.6. The van der Waals surface area contributed by atoms with Gasteiger partial charge in [0.15, 0.2) is 0 Å². The van der Waals surface area contributed by atoms with Crippen LogP contribution in [0.5, 0.6) is 0 Å². The van der Waals surface area contributed by atoms with Crippen molar-refractivity contribution < 1.29 is 48.0 Å². The van der Waals surface area contributed by atoms with Gasteiger partial charge in [-0.25, -0.2) is 0 Å². The third-order valence-electron chi connectivity index (χ3n) is 9.42. The maximum absolute atomic E-state index is 12.8. The van der Waals surface area contributed by atoms with Gasteiger partial charge in [-0.2, -0.15) is 0 Å². The Morgan fingerprint density at radius 3 is 1.56 bits per heavy atom. The molecule has 2 aliphatic rings. The average molecular weight is 739 g/mol. The first-order chi connectivity index (χ1) is 24.2. The maximum Gasteiger partial charge on any atom is 0.309 e. The zero-order chi connectivity index (χ0) is 39.6. The van der Waals surface area contributed by atoms with Crippen molar-refractivity contribution in [1.29, 1.82) is 0 Å². The second-order valence-electron chi connectivity index (χ2n) is 17.1. The molecule has 0 bridgehead atoms. The number of cyclic esters (lactones) is 2. The fourth-order valence-electron chi connectivity index (χ4n) is 7.04. The summed E-state index contributed by atoms with van der Waals surface area (Å²) in [5.74, 6) is -1.87. The normalized spacial score (nSPS) is 28.2. The summed E-state index contributed by atoms with van der Waals surface area (Å²) in [6.07, 6.45) is 9.41. The summed E-state index contributed by atoms with van der Waals surface area (Å²) >= 11 is 0. The second kappa shape index (κ2) is 23.4. The smallest absolute Gasteiger partial charge is 0.309 e. The van der Waals surface area contributed by atoms with Crippen molar-refractivity contribution in [2.75, 3.05) is 6.61 Å². The number of hydrogen-bond acceptors (Lipinski definition) is 10. The molecule has 0 aromatic heterocycles. The van der Waals surface area contributed by atoms with Gasteiger partial charge in [0, 0.05) is 0 Å². The molecule has 2 fully saturated rings. The summed E-state index contributed by atoms with van der Waals surface area (Å²) in [5.41, 5.74) is -0.166. The minimum atomic E-state index is -0.644. The molecule has 2 aliphatic heterocycles. The standard InChI is InChI=1S/C23H40O5.C19H34O5/c1-8-11-18-12-9-10-13-19(14-20(24)28-23(5,6)7)22(25)27-17(4)21(18)26-15-16(2)3;1-6-9-14-10-7-8-11-15(12-16(20)24-19(3,4)5)18(22)23-13(2)17(14)21/h17-19,21H,2,8-15H2,1,3-7H3;13-15,17,21H,6-12H2,1-5H3/t17-,18-,19+,21-;13-,14-,15+,17-/m00/s1. The van der Waals surface area contributed by atoms with Crippen molar-refractivity contribution in [3.05, 3.63) is 12.2 Å². The van der Waals surface area contributed by atoms with Crippen LogP contribution in [0.2, 0.25) is 0 Å². The van der Waals surface area contributed by atoms with Gasteiger partial charge in [-0.05, 0) is 113 Å². The van der Waals surface area contributed by atoms with E-state index < -0.39 is 41.2 Å². The molecule has 2 saturated heterocycles. The molecule has 1 N–H and O–H groups in total. The number of esters is 4. The fourth-order valence-corrected chi connectivity index (χ4v) is 7.04. The van der Waals surface area contributed by atoms with Crippen LogP contribution in [-0.2, 0) is 42.9 Å². The SMILES string of the molecule is C=C(C)CO[C@@H]1[C@@H](CCC)CCCC[C@H](CC(=O)OC(C)(C)C)C(=O)O[C@H]1C.CCC[C@H]1CCCC[C@H](CC(=O)OC(C)(C)C)C(=O)O[C@@H](C)[C@@H]1O. The molecular formula is C42H74O10. The first-order valence-electron chi connectivity index (χ1n) is 20.0. The molecule has 52 heavy (non-hydrogen) atoms. The Kier molecular flexibility index (Phi) is 21.4. The van der Waals surface area contributed by atoms with E-state index in [9.17, 15) is 24.3 Å². The highest BCUT2D eigenvalue weighted by Crippen LogP contribution is 2.31. The van der Waals surface area contributed by atoms with Crippen LogP contribution < -0.4 is 0 Å². The summed E-state index contributed by atoms with van der Waals surface area (Å²) in [4.78, 5) is 49.5. The second-order valence-corrected chi connectivity index (χ2v) is 17.1. The fraction of sp³-hybridized carbons (Fsp3) is 0.857. The molecule has 0 unspecified atom stereocenters. The summed E-state index contributed by atoms with van der Waals surface area (Å²) in [5, 5.41) is 10.5. The van der Waals surface area contributed by atoms with Crippen molar-refractivity contribution in [2.45, 2.75) is 202 Å². The third kappa shape index (κ3) is 19.6. The highest BCUT2D eigenvalue weighted by molar-refractivity contribution is 5.81. The predicted molar refractivity (Wildman–Crippen MR) is 203 cm³/mol. The quantitative estimate of drug-likeness (QED) is 0.124. The van der Waals surface area contributed by atoms with Crippen LogP contribution in [0.4, 0.5) is 0 Å². The molecule has 10 heteroatoms. The number of ether oxygens (including phenoxy) is 5. The molecule has 8 atom stereocenters. The topological polar surface area (TPSA) is 135 Å². The lowest BCUT2D eigenvalue weighted by molar-refractivity contribution is -0.170. The van der Waals surface area contributed by atoms with Crippen LogP contribution in [0.1, 0.15) is 166 Å². The Morgan fingerprint density at radius 2 is 1.13 bits per heavy atom. The average Bonchev–Trinajstić information content (AvgIpc) is 3.00. The Bertz CT molecular complexity index is 1100. The number of aliphatic hydroxyl groups is 1. The van der Waals surface area contributed by atoms with Crippen LogP contribution in [-0.4, -0.2) is 71.2 Å². The van der Waals surface area contributed by atoms with E-state index in [1.165, 1.54) is 0 Å². The number of hydrogen-bond donors (Lipinski definition) is 1. The van der Waals surface area contributed by atoms with Gasteiger partial charge in [0.05, 0.1) is 43.5 Å². The molecule has 0 aromatic carbocycles. The third-order valence-corrected chi connectivity index (χ3v) is 9.42. The van der Waals surface area contributed by atoms with E-state index in [0.29, 0.717) is 25.4 Å². The maximum atomic E-state index is 12.8. The molecule has 0 amide bonds. The van der Waals surface area contributed by atoms with Gasteiger partial charge >= 0.3 is 23.9 Å². The van der Waals surface area contributed by atoms with Crippen molar-refractivity contribution in [3.63, 3.8) is 0 Å². The Morgan fingerprint density at radius 1 is 0.731 bits per heavy atom. The number of rotatable bonds is 11. The molecule has 2 rings (SSSR count). The zero-order valence-electron chi connectivity index (χ0n) is 34.6. The van der Waals surface area contributed by atoms with E-state index in [0.717, 1.165) is 69.8 Å². The summed E-state index contributed by atoms with van der Waals surface area (Å²) in [6, 6.07) is 0. The zero-order valence-corrected chi connectivity index (χ0v) is 34.6. The molecule has 0 spiro atoms. The van der Waals surface area contributed by atoms with Gasteiger partial charge in [0.2, 0.25) is 0 Å². The number of carbonyl (C=O) groups is 4. The van der Waals surface area contributed by atoms with Crippen molar-refractivity contribution in [2.24, 2.45) is 23.7 Å². The van der Waals surface area contributed by atoms with Crippen molar-refractivity contribution in [3.8, 4) is 0 Å². The summed E-state index contributed by atoms with van der Waals surface area (Å²) in [7, 11) is 0. The van der Waals surface area contributed by atoms with E-state index in [1.807, 2.05) is 55.4 Å². The Balaban J connectivity index is 0.000000526. The number of carbonyl (C=O) groups excluding carboxylic acids is 4. The molecule has 0 aromatic rings. The lowest BCUT2D eigenvalue weighted by atomic mass is 9.86.